The third-order valence-electron chi connectivity index (χ3n) is 3.22. The van der Waals surface area contributed by atoms with Gasteiger partial charge in [0.25, 0.3) is 0 Å². The fraction of sp³-hybridized carbons (Fsp3) is 0.176. The number of nitrogens with one attached hydrogen (secondary N) is 1. The molecular formula is C17H16N3O3S-. The summed E-state index contributed by atoms with van der Waals surface area (Å²) in [7, 11) is 0. The van der Waals surface area contributed by atoms with Gasteiger partial charge in [-0.2, -0.15) is 0 Å². The van der Waals surface area contributed by atoms with E-state index in [9.17, 15) is 8.76 Å². The molecule has 0 bridgehead atoms. The molecule has 24 heavy (non-hydrogen) atoms. The summed E-state index contributed by atoms with van der Waals surface area (Å²) >= 11 is -2.28. The largest absolute Gasteiger partial charge is 0.768 e. The van der Waals surface area contributed by atoms with E-state index in [1.54, 1.807) is 18.3 Å². The van der Waals surface area contributed by atoms with Crippen molar-refractivity contribution in [3.63, 3.8) is 0 Å². The molecule has 2 aromatic carbocycles. The van der Waals surface area contributed by atoms with Gasteiger partial charge in [-0.15, -0.1) is 0 Å². The normalized spacial score (nSPS) is 12.3. The van der Waals surface area contributed by atoms with E-state index in [4.69, 9.17) is 4.74 Å². The molecule has 0 saturated carbocycles. The monoisotopic (exact) mass is 342 g/mol. The van der Waals surface area contributed by atoms with Crippen LogP contribution in [0.25, 0.3) is 10.9 Å². The number of hydrogen-bond donors (Lipinski definition) is 1. The Morgan fingerprint density at radius 3 is 2.75 bits per heavy atom. The van der Waals surface area contributed by atoms with Gasteiger partial charge in [-0.3, -0.25) is 4.21 Å². The summed E-state index contributed by atoms with van der Waals surface area (Å²) in [6.45, 7) is 3.90. The number of para-hydroxylation sites is 1. The van der Waals surface area contributed by atoms with E-state index in [-0.39, 0.29) is 11.0 Å². The number of benzene rings is 2. The highest BCUT2D eigenvalue weighted by Gasteiger charge is 2.08. The molecule has 6 nitrogen and oxygen atoms in total. The van der Waals surface area contributed by atoms with Crippen molar-refractivity contribution in [2.24, 2.45) is 0 Å². The van der Waals surface area contributed by atoms with Gasteiger partial charge in [-0.05, 0) is 49.2 Å². The fourth-order valence-electron chi connectivity index (χ4n) is 2.24. The molecule has 0 aliphatic rings. The van der Waals surface area contributed by atoms with Crippen molar-refractivity contribution in [2.45, 2.75) is 24.8 Å². The molecule has 1 aromatic heterocycles. The molecule has 0 aliphatic heterocycles. The average molecular weight is 342 g/mol. The highest BCUT2D eigenvalue weighted by atomic mass is 32.2. The van der Waals surface area contributed by atoms with E-state index < -0.39 is 11.1 Å². The zero-order chi connectivity index (χ0) is 17.1. The first-order valence-electron chi connectivity index (χ1n) is 7.42. The van der Waals surface area contributed by atoms with Crippen molar-refractivity contribution >= 4 is 33.6 Å². The summed E-state index contributed by atoms with van der Waals surface area (Å²) in [6.07, 6.45) is 1.73. The van der Waals surface area contributed by atoms with E-state index in [0.717, 1.165) is 5.39 Å². The number of fused-ring (bicyclic) bond motifs is 1. The van der Waals surface area contributed by atoms with Crippen LogP contribution >= 0.6 is 0 Å². The molecule has 124 valence electrons. The first kappa shape index (κ1) is 16.4. The maximum Gasteiger partial charge on any atom is 0.227 e. The summed E-state index contributed by atoms with van der Waals surface area (Å²) in [5.74, 6) is 1.05. The Labute approximate surface area is 142 Å². The van der Waals surface area contributed by atoms with E-state index in [1.807, 2.05) is 32.0 Å². The Kier molecular flexibility index (Phi) is 4.73. The van der Waals surface area contributed by atoms with Crippen LogP contribution in [0.5, 0.6) is 5.75 Å². The molecule has 3 rings (SSSR count). The molecule has 7 heteroatoms. The molecule has 3 aromatic rings. The summed E-state index contributed by atoms with van der Waals surface area (Å²) in [5, 5.41) is 3.89. The Bertz CT molecular complexity index is 899. The Balaban J connectivity index is 1.95. The van der Waals surface area contributed by atoms with Crippen LogP contribution in [0.2, 0.25) is 0 Å². The number of aromatic nitrogens is 2. The first-order valence-corrected chi connectivity index (χ1v) is 8.49. The number of hydrogen-bond acceptors (Lipinski definition) is 6. The van der Waals surface area contributed by atoms with Crippen LogP contribution < -0.4 is 10.1 Å². The molecule has 0 saturated heterocycles. The summed E-state index contributed by atoms with van der Waals surface area (Å²) in [6, 6.07) is 12.1. The lowest BCUT2D eigenvalue weighted by Gasteiger charge is -2.13. The number of rotatable bonds is 5. The van der Waals surface area contributed by atoms with Crippen molar-refractivity contribution in [2.75, 3.05) is 5.32 Å². The Hall–Kier alpha value is -2.51. The first-order chi connectivity index (χ1) is 11.5. The zero-order valence-electron chi connectivity index (χ0n) is 13.2. The third kappa shape index (κ3) is 3.69. The number of nitrogens with zero attached hydrogens (tertiary/aromatic N) is 2. The van der Waals surface area contributed by atoms with Crippen LogP contribution in [0, 0.1) is 0 Å². The second-order valence-electron chi connectivity index (χ2n) is 5.44. The van der Waals surface area contributed by atoms with Crippen LogP contribution in [0.3, 0.4) is 0 Å². The van der Waals surface area contributed by atoms with Gasteiger partial charge in [-0.1, -0.05) is 18.2 Å². The lowest BCUT2D eigenvalue weighted by molar-refractivity contribution is 0.245. The summed E-state index contributed by atoms with van der Waals surface area (Å²) < 4.78 is 27.9. The molecule has 0 amide bonds. The van der Waals surface area contributed by atoms with Gasteiger partial charge in [0.2, 0.25) is 5.95 Å². The van der Waals surface area contributed by atoms with Crippen molar-refractivity contribution in [1.82, 2.24) is 9.97 Å². The van der Waals surface area contributed by atoms with Gasteiger partial charge >= 0.3 is 0 Å². The Morgan fingerprint density at radius 2 is 2.00 bits per heavy atom. The zero-order valence-corrected chi connectivity index (χ0v) is 14.0. The molecule has 1 N–H and O–H groups in total. The molecule has 0 fully saturated rings. The van der Waals surface area contributed by atoms with Crippen LogP contribution in [-0.4, -0.2) is 24.8 Å². The minimum atomic E-state index is -2.28. The molecule has 1 atom stereocenters. The Morgan fingerprint density at radius 1 is 1.21 bits per heavy atom. The predicted octanol–water partition coefficient (Wildman–Crippen LogP) is 3.40. The lowest BCUT2D eigenvalue weighted by Crippen LogP contribution is -2.06. The highest BCUT2D eigenvalue weighted by molar-refractivity contribution is 7.79. The van der Waals surface area contributed by atoms with Gasteiger partial charge in [0.15, 0.2) is 0 Å². The van der Waals surface area contributed by atoms with E-state index in [2.05, 4.69) is 15.3 Å². The van der Waals surface area contributed by atoms with Crippen LogP contribution in [-0.2, 0) is 11.1 Å². The fourth-order valence-corrected chi connectivity index (χ4v) is 2.66. The second-order valence-corrected chi connectivity index (χ2v) is 6.38. The highest BCUT2D eigenvalue weighted by Crippen LogP contribution is 2.26. The van der Waals surface area contributed by atoms with Gasteiger partial charge in [-0.25, -0.2) is 9.97 Å². The predicted molar refractivity (Wildman–Crippen MR) is 92.2 cm³/mol. The topological polar surface area (TPSA) is 87.2 Å². The van der Waals surface area contributed by atoms with Crippen LogP contribution in [0.1, 0.15) is 13.8 Å². The second kappa shape index (κ2) is 6.94. The van der Waals surface area contributed by atoms with E-state index in [0.29, 0.717) is 22.9 Å². The lowest BCUT2D eigenvalue weighted by atomic mass is 10.2. The van der Waals surface area contributed by atoms with Crippen LogP contribution in [0.15, 0.2) is 53.6 Å². The van der Waals surface area contributed by atoms with E-state index in [1.165, 1.54) is 12.1 Å². The smallest absolute Gasteiger partial charge is 0.227 e. The van der Waals surface area contributed by atoms with Crippen molar-refractivity contribution in [1.29, 1.82) is 0 Å². The molecule has 0 spiro atoms. The molecule has 0 radical (unpaired) electrons. The molecule has 1 unspecified atom stereocenters. The van der Waals surface area contributed by atoms with E-state index >= 15 is 0 Å². The van der Waals surface area contributed by atoms with Gasteiger partial charge in [0.1, 0.15) is 11.3 Å². The molecule has 1 heterocycles. The standard InChI is InChI=1S/C17H17N3O3S/c1-11(2)23-15-8-3-5-12-10-18-17(20-16(12)15)19-13-6-4-7-14(9-13)24(21)22/h3-11H,1-2H3,(H,21,22)(H,18,19,20)/p-1. The minimum absolute atomic E-state index is 0.0330. The number of anilines is 2. The summed E-state index contributed by atoms with van der Waals surface area (Å²) in [5.41, 5.74) is 1.30. The molecular weight excluding hydrogens is 326 g/mol. The number of ether oxygens (including phenoxy) is 1. The van der Waals surface area contributed by atoms with Gasteiger partial charge in [0.05, 0.1) is 6.10 Å². The maximum atomic E-state index is 11.1. The van der Waals surface area contributed by atoms with Crippen LogP contribution in [0.4, 0.5) is 11.6 Å². The quantitative estimate of drug-likeness (QED) is 0.715. The summed E-state index contributed by atoms with van der Waals surface area (Å²) in [4.78, 5) is 8.96. The maximum absolute atomic E-state index is 11.1. The SMILES string of the molecule is CC(C)Oc1cccc2cnc(Nc3cccc(S(=O)[O-])c3)nc12. The van der Waals surface area contributed by atoms with Crippen molar-refractivity contribution in [3.05, 3.63) is 48.7 Å². The van der Waals surface area contributed by atoms with Gasteiger partial charge in [0, 0.05) is 22.2 Å². The minimum Gasteiger partial charge on any atom is -0.768 e. The third-order valence-corrected chi connectivity index (χ3v) is 3.86. The van der Waals surface area contributed by atoms with Crippen molar-refractivity contribution < 1.29 is 13.5 Å². The average Bonchev–Trinajstić information content (AvgIpc) is 2.55. The van der Waals surface area contributed by atoms with Crippen molar-refractivity contribution in [3.8, 4) is 5.75 Å². The van der Waals surface area contributed by atoms with Gasteiger partial charge < -0.3 is 14.6 Å². The molecule has 0 aliphatic carbocycles.